The van der Waals surface area contributed by atoms with Crippen LogP contribution >= 0.6 is 0 Å². The summed E-state index contributed by atoms with van der Waals surface area (Å²) in [7, 11) is 0. The van der Waals surface area contributed by atoms with E-state index in [2.05, 4.69) is 10.3 Å². The van der Waals surface area contributed by atoms with Gasteiger partial charge in [-0.3, -0.25) is 0 Å². The van der Waals surface area contributed by atoms with Crippen LogP contribution in [0.3, 0.4) is 0 Å². The maximum Gasteiger partial charge on any atom is 0.189 e. The van der Waals surface area contributed by atoms with Gasteiger partial charge in [0.1, 0.15) is 11.9 Å². The Morgan fingerprint density at radius 3 is 2.89 bits per heavy atom. The minimum absolute atomic E-state index is 0.0447. The molecule has 0 heterocycles. The third kappa shape index (κ3) is 2.98. The molecule has 1 aliphatic rings. The van der Waals surface area contributed by atoms with Crippen molar-refractivity contribution < 1.29 is 4.39 Å². The molecular weight excluding hydrogens is 231 g/mol. The Morgan fingerprint density at radius 1 is 1.56 bits per heavy atom. The lowest BCUT2D eigenvalue weighted by molar-refractivity contribution is 0.382. The van der Waals surface area contributed by atoms with Gasteiger partial charge < -0.3 is 11.1 Å². The fourth-order valence-electron chi connectivity index (χ4n) is 1.73. The molecule has 1 aliphatic carbocycles. The zero-order valence-corrected chi connectivity index (χ0v) is 9.99. The first-order chi connectivity index (χ1) is 8.69. The summed E-state index contributed by atoms with van der Waals surface area (Å²) < 4.78 is 13.3. The third-order valence-corrected chi connectivity index (χ3v) is 3.04. The van der Waals surface area contributed by atoms with Crippen LogP contribution in [0.5, 0.6) is 0 Å². The number of nitrogens with two attached hydrogens (primary N) is 1. The predicted molar refractivity (Wildman–Crippen MR) is 67.2 cm³/mol. The number of rotatable bonds is 3. The number of hydrogen-bond acceptors (Lipinski definition) is 2. The maximum absolute atomic E-state index is 13.3. The molecule has 0 saturated heterocycles. The van der Waals surface area contributed by atoms with Crippen LogP contribution < -0.4 is 11.1 Å². The molecule has 0 radical (unpaired) electrons. The molecule has 0 aromatic heterocycles. The zero-order chi connectivity index (χ0) is 13.0. The Hall–Kier alpha value is -2.09. The van der Waals surface area contributed by atoms with Gasteiger partial charge in [-0.2, -0.15) is 5.26 Å². The molecule has 5 heteroatoms. The number of benzene rings is 1. The number of nitrogens with zero attached hydrogens (tertiary/aromatic N) is 2. The van der Waals surface area contributed by atoms with Crippen molar-refractivity contribution in [2.24, 2.45) is 10.7 Å². The Morgan fingerprint density at radius 2 is 2.33 bits per heavy atom. The van der Waals surface area contributed by atoms with E-state index in [-0.39, 0.29) is 5.56 Å². The van der Waals surface area contributed by atoms with Crippen molar-refractivity contribution in [1.82, 2.24) is 5.32 Å². The quantitative estimate of drug-likeness (QED) is 0.629. The molecule has 0 spiro atoms. The number of hydrogen-bond donors (Lipinski definition) is 2. The number of aliphatic imine (C=N–C) groups is 1. The van der Waals surface area contributed by atoms with Crippen LogP contribution in [0.2, 0.25) is 0 Å². The first-order valence-electron chi connectivity index (χ1n) is 5.94. The third-order valence-electron chi connectivity index (χ3n) is 3.04. The average Bonchev–Trinajstić information content (AvgIpc) is 2.31. The van der Waals surface area contributed by atoms with Crippen molar-refractivity contribution in [3.63, 3.8) is 0 Å². The molecule has 4 nitrogen and oxygen atoms in total. The summed E-state index contributed by atoms with van der Waals surface area (Å²) in [4.78, 5) is 4.15. The highest BCUT2D eigenvalue weighted by atomic mass is 19.1. The Labute approximate surface area is 105 Å². The van der Waals surface area contributed by atoms with E-state index in [0.717, 1.165) is 12.8 Å². The second-order valence-electron chi connectivity index (χ2n) is 4.40. The second-order valence-corrected chi connectivity index (χ2v) is 4.40. The molecular formula is C13H15FN4. The summed E-state index contributed by atoms with van der Waals surface area (Å²) in [6.45, 7) is 0.314. The van der Waals surface area contributed by atoms with Gasteiger partial charge in [-0.05, 0) is 37.0 Å². The molecule has 0 atom stereocenters. The van der Waals surface area contributed by atoms with E-state index >= 15 is 0 Å². The van der Waals surface area contributed by atoms with Crippen LogP contribution in [0.1, 0.15) is 30.4 Å². The van der Waals surface area contributed by atoms with E-state index in [1.54, 1.807) is 12.1 Å². The van der Waals surface area contributed by atoms with Crippen LogP contribution in [-0.4, -0.2) is 12.0 Å². The molecule has 94 valence electrons. The molecule has 1 aromatic carbocycles. The molecule has 1 aromatic rings. The minimum atomic E-state index is -0.518. The van der Waals surface area contributed by atoms with Gasteiger partial charge in [0.15, 0.2) is 5.96 Å². The highest BCUT2D eigenvalue weighted by molar-refractivity contribution is 5.78. The summed E-state index contributed by atoms with van der Waals surface area (Å²) in [5.41, 5.74) is 6.46. The van der Waals surface area contributed by atoms with Crippen molar-refractivity contribution >= 4 is 5.96 Å². The van der Waals surface area contributed by atoms with E-state index in [1.165, 1.54) is 18.6 Å². The highest BCUT2D eigenvalue weighted by Crippen LogP contribution is 2.17. The number of nitrogens with one attached hydrogen (secondary N) is 1. The largest absolute Gasteiger partial charge is 0.370 e. The summed E-state index contributed by atoms with van der Waals surface area (Å²) in [6, 6.07) is 6.67. The second kappa shape index (κ2) is 5.50. The molecule has 3 N–H and O–H groups in total. The SMILES string of the molecule is N#Cc1ccc(CN=C(N)NC2CCC2)cc1F. The van der Waals surface area contributed by atoms with Crippen LogP contribution in [0.25, 0.3) is 0 Å². The molecule has 1 fully saturated rings. The fraction of sp³-hybridized carbons (Fsp3) is 0.385. The minimum Gasteiger partial charge on any atom is -0.370 e. The van der Waals surface area contributed by atoms with Crippen molar-refractivity contribution in [2.45, 2.75) is 31.8 Å². The van der Waals surface area contributed by atoms with Gasteiger partial charge in [0.25, 0.3) is 0 Å². The van der Waals surface area contributed by atoms with Gasteiger partial charge in [0.2, 0.25) is 0 Å². The standard InChI is InChI=1S/C13H15FN4/c14-12-6-9(4-5-10(12)7-15)8-17-13(16)18-11-2-1-3-11/h4-6,11H,1-3,8H2,(H3,16,17,18). The number of nitriles is 1. The molecule has 1 saturated carbocycles. The number of guanidine groups is 1. The smallest absolute Gasteiger partial charge is 0.189 e. The predicted octanol–water partition coefficient (Wildman–Crippen LogP) is 1.65. The Bertz CT molecular complexity index is 500. The molecule has 0 amide bonds. The summed E-state index contributed by atoms with van der Waals surface area (Å²) in [5.74, 6) is -0.125. The summed E-state index contributed by atoms with van der Waals surface area (Å²) in [6.07, 6.45) is 3.48. The van der Waals surface area contributed by atoms with Crippen LogP contribution in [0, 0.1) is 17.1 Å². The van der Waals surface area contributed by atoms with Crippen molar-refractivity contribution in [2.75, 3.05) is 0 Å². The zero-order valence-electron chi connectivity index (χ0n) is 9.99. The van der Waals surface area contributed by atoms with Crippen molar-refractivity contribution in [3.05, 3.63) is 35.1 Å². The van der Waals surface area contributed by atoms with Crippen LogP contribution in [0.4, 0.5) is 4.39 Å². The molecule has 0 unspecified atom stereocenters. The normalized spacial score (nSPS) is 15.9. The van der Waals surface area contributed by atoms with E-state index < -0.39 is 5.82 Å². The van der Waals surface area contributed by atoms with Gasteiger partial charge in [-0.15, -0.1) is 0 Å². The lowest BCUT2D eigenvalue weighted by Crippen LogP contribution is -2.43. The van der Waals surface area contributed by atoms with Crippen LogP contribution in [-0.2, 0) is 6.54 Å². The fourth-order valence-corrected chi connectivity index (χ4v) is 1.73. The highest BCUT2D eigenvalue weighted by Gasteiger charge is 2.17. The lowest BCUT2D eigenvalue weighted by Gasteiger charge is -2.26. The monoisotopic (exact) mass is 246 g/mol. The molecule has 2 rings (SSSR count). The summed E-state index contributed by atoms with van der Waals surface area (Å²) in [5, 5.41) is 11.7. The van der Waals surface area contributed by atoms with E-state index in [0.29, 0.717) is 24.1 Å². The molecule has 0 aliphatic heterocycles. The number of halogens is 1. The molecule has 0 bridgehead atoms. The maximum atomic E-state index is 13.3. The summed E-state index contributed by atoms with van der Waals surface area (Å²) >= 11 is 0. The van der Waals surface area contributed by atoms with E-state index in [4.69, 9.17) is 11.0 Å². The topological polar surface area (TPSA) is 74.2 Å². The van der Waals surface area contributed by atoms with E-state index in [9.17, 15) is 4.39 Å². The molecule has 18 heavy (non-hydrogen) atoms. The average molecular weight is 246 g/mol. The Balaban J connectivity index is 1.94. The van der Waals surface area contributed by atoms with Gasteiger partial charge in [0, 0.05) is 6.04 Å². The van der Waals surface area contributed by atoms with Crippen molar-refractivity contribution in [1.29, 1.82) is 5.26 Å². The lowest BCUT2D eigenvalue weighted by atomic mass is 9.93. The van der Waals surface area contributed by atoms with Gasteiger partial charge >= 0.3 is 0 Å². The first-order valence-corrected chi connectivity index (χ1v) is 5.94. The van der Waals surface area contributed by atoms with Crippen LogP contribution in [0.15, 0.2) is 23.2 Å². The van der Waals surface area contributed by atoms with Gasteiger partial charge in [-0.25, -0.2) is 9.38 Å². The first kappa shape index (κ1) is 12.4. The van der Waals surface area contributed by atoms with Crippen molar-refractivity contribution in [3.8, 4) is 6.07 Å². The van der Waals surface area contributed by atoms with Gasteiger partial charge in [0.05, 0.1) is 12.1 Å². The van der Waals surface area contributed by atoms with Gasteiger partial charge in [-0.1, -0.05) is 6.07 Å². The van der Waals surface area contributed by atoms with E-state index in [1.807, 2.05) is 0 Å². The Kier molecular flexibility index (Phi) is 3.78.